The van der Waals surface area contributed by atoms with Crippen molar-refractivity contribution in [2.45, 2.75) is 32.9 Å². The number of carboxylic acids is 1. The normalized spacial score (nSPS) is 12.6. The van der Waals surface area contributed by atoms with Crippen LogP contribution in [-0.2, 0) is 14.4 Å². The number of nitrogens with one attached hydrogen (secondary N) is 2. The third-order valence-corrected chi connectivity index (χ3v) is 3.91. The van der Waals surface area contributed by atoms with Crippen LogP contribution in [0.4, 0.5) is 0 Å². The van der Waals surface area contributed by atoms with Crippen LogP contribution < -0.4 is 10.6 Å². The summed E-state index contributed by atoms with van der Waals surface area (Å²) in [6.07, 6.45) is 0. The van der Waals surface area contributed by atoms with E-state index in [1.807, 2.05) is 0 Å². The van der Waals surface area contributed by atoms with Crippen LogP contribution in [-0.4, -0.2) is 58.9 Å². The van der Waals surface area contributed by atoms with Crippen LogP contribution in [0.3, 0.4) is 0 Å². The summed E-state index contributed by atoms with van der Waals surface area (Å²) in [5, 5.41) is 14.7. The molecule has 1 rings (SSSR count). The van der Waals surface area contributed by atoms with E-state index in [2.05, 4.69) is 10.6 Å². The quantitative estimate of drug-likeness (QED) is 0.616. The zero-order valence-electron chi connectivity index (χ0n) is 14.8. The molecular formula is C17H22ClN3O5. The van der Waals surface area contributed by atoms with Crippen molar-refractivity contribution >= 4 is 35.3 Å². The Bertz CT molecular complexity index is 677. The van der Waals surface area contributed by atoms with E-state index in [0.717, 1.165) is 4.90 Å². The molecule has 0 aromatic heterocycles. The zero-order chi connectivity index (χ0) is 19.9. The molecule has 2 unspecified atom stereocenters. The predicted octanol–water partition coefficient (Wildman–Crippen LogP) is 0.896. The van der Waals surface area contributed by atoms with Crippen LogP contribution in [0.25, 0.3) is 0 Å². The Kier molecular flexibility index (Phi) is 8.05. The average molecular weight is 384 g/mol. The average Bonchev–Trinajstić information content (AvgIpc) is 2.57. The van der Waals surface area contributed by atoms with Gasteiger partial charge in [0.05, 0.1) is 0 Å². The van der Waals surface area contributed by atoms with Crippen LogP contribution in [0.15, 0.2) is 24.3 Å². The van der Waals surface area contributed by atoms with Gasteiger partial charge in [-0.3, -0.25) is 14.4 Å². The molecule has 0 fully saturated rings. The first-order chi connectivity index (χ1) is 12.1. The van der Waals surface area contributed by atoms with Gasteiger partial charge in [-0.15, -0.1) is 0 Å². The second kappa shape index (κ2) is 9.76. The number of carbonyl (C=O) groups excluding carboxylic acids is 3. The van der Waals surface area contributed by atoms with Crippen molar-refractivity contribution in [1.29, 1.82) is 0 Å². The van der Waals surface area contributed by atoms with E-state index in [9.17, 15) is 24.3 Å². The maximum atomic E-state index is 12.6. The van der Waals surface area contributed by atoms with Gasteiger partial charge in [-0.2, -0.15) is 0 Å². The lowest BCUT2D eigenvalue weighted by molar-refractivity contribution is -0.150. The second-order valence-electron chi connectivity index (χ2n) is 5.73. The predicted molar refractivity (Wildman–Crippen MR) is 95.9 cm³/mol. The van der Waals surface area contributed by atoms with Crippen molar-refractivity contribution in [1.82, 2.24) is 15.5 Å². The van der Waals surface area contributed by atoms with Crippen LogP contribution in [0.5, 0.6) is 0 Å². The summed E-state index contributed by atoms with van der Waals surface area (Å²) in [4.78, 5) is 48.1. The first kappa shape index (κ1) is 21.4. The topological polar surface area (TPSA) is 116 Å². The fourth-order valence-electron chi connectivity index (χ4n) is 2.17. The minimum Gasteiger partial charge on any atom is -0.480 e. The molecule has 0 aliphatic carbocycles. The number of hydrogen-bond acceptors (Lipinski definition) is 4. The lowest BCUT2D eigenvalue weighted by atomic mass is 10.1. The second-order valence-corrected chi connectivity index (χ2v) is 6.17. The van der Waals surface area contributed by atoms with Gasteiger partial charge in [0.1, 0.15) is 12.1 Å². The molecule has 9 heteroatoms. The molecule has 2 atom stereocenters. The Morgan fingerprint density at radius 3 is 2.23 bits per heavy atom. The molecule has 0 radical (unpaired) electrons. The molecule has 142 valence electrons. The highest BCUT2D eigenvalue weighted by atomic mass is 35.5. The van der Waals surface area contributed by atoms with E-state index < -0.39 is 29.9 Å². The van der Waals surface area contributed by atoms with Gasteiger partial charge >= 0.3 is 5.97 Å². The van der Waals surface area contributed by atoms with E-state index >= 15 is 0 Å². The molecule has 0 saturated heterocycles. The standard InChI is InChI=1S/C17H22ClN3O5/c1-10(20-15(23)13-4-6-14(18)7-5-13)16(24)21(11(2)17(25)26)9-8-19-12(3)22/h4-7,10-11H,8-9H2,1-3H3,(H,19,22)(H,20,23)(H,25,26). The number of aliphatic carboxylic acids is 1. The van der Waals surface area contributed by atoms with Gasteiger partial charge in [0.25, 0.3) is 5.91 Å². The molecule has 1 aromatic carbocycles. The van der Waals surface area contributed by atoms with Gasteiger partial charge < -0.3 is 20.6 Å². The van der Waals surface area contributed by atoms with Crippen molar-refractivity contribution in [3.8, 4) is 0 Å². The monoisotopic (exact) mass is 383 g/mol. The van der Waals surface area contributed by atoms with E-state index in [1.165, 1.54) is 32.9 Å². The maximum Gasteiger partial charge on any atom is 0.326 e. The molecule has 0 saturated carbocycles. The largest absolute Gasteiger partial charge is 0.480 e. The fourth-order valence-corrected chi connectivity index (χ4v) is 2.30. The van der Waals surface area contributed by atoms with E-state index in [0.29, 0.717) is 10.6 Å². The van der Waals surface area contributed by atoms with Crippen LogP contribution >= 0.6 is 11.6 Å². The Labute approximate surface area is 156 Å². The first-order valence-corrected chi connectivity index (χ1v) is 8.35. The van der Waals surface area contributed by atoms with Crippen molar-refractivity contribution in [3.63, 3.8) is 0 Å². The summed E-state index contributed by atoms with van der Waals surface area (Å²) in [5.41, 5.74) is 0.324. The summed E-state index contributed by atoms with van der Waals surface area (Å²) >= 11 is 5.77. The summed E-state index contributed by atoms with van der Waals surface area (Å²) in [7, 11) is 0. The smallest absolute Gasteiger partial charge is 0.326 e. The Hall–Kier alpha value is -2.61. The molecule has 0 heterocycles. The van der Waals surface area contributed by atoms with Crippen LogP contribution in [0.1, 0.15) is 31.1 Å². The van der Waals surface area contributed by atoms with Gasteiger partial charge in [-0.05, 0) is 38.1 Å². The number of carbonyl (C=O) groups is 4. The van der Waals surface area contributed by atoms with Gasteiger partial charge in [-0.1, -0.05) is 11.6 Å². The minimum absolute atomic E-state index is 0.00698. The van der Waals surface area contributed by atoms with Gasteiger partial charge in [0.15, 0.2) is 0 Å². The molecule has 0 bridgehead atoms. The Morgan fingerprint density at radius 2 is 1.73 bits per heavy atom. The lowest BCUT2D eigenvalue weighted by Crippen LogP contribution is -2.53. The number of carboxylic acid groups (broad SMARTS) is 1. The highest BCUT2D eigenvalue weighted by Gasteiger charge is 2.29. The highest BCUT2D eigenvalue weighted by molar-refractivity contribution is 6.30. The van der Waals surface area contributed by atoms with Crippen molar-refractivity contribution in [2.24, 2.45) is 0 Å². The third-order valence-electron chi connectivity index (χ3n) is 3.66. The van der Waals surface area contributed by atoms with Crippen LogP contribution in [0, 0.1) is 0 Å². The molecule has 0 spiro atoms. The van der Waals surface area contributed by atoms with E-state index in [1.54, 1.807) is 12.1 Å². The van der Waals surface area contributed by atoms with Crippen molar-refractivity contribution in [3.05, 3.63) is 34.9 Å². The van der Waals surface area contributed by atoms with Gasteiger partial charge in [-0.25, -0.2) is 4.79 Å². The molecule has 0 aliphatic heterocycles. The maximum absolute atomic E-state index is 12.6. The molecule has 8 nitrogen and oxygen atoms in total. The van der Waals surface area contributed by atoms with Gasteiger partial charge in [0.2, 0.25) is 11.8 Å². The summed E-state index contributed by atoms with van der Waals surface area (Å²) < 4.78 is 0. The summed E-state index contributed by atoms with van der Waals surface area (Å²) in [6.45, 7) is 4.27. The molecule has 3 N–H and O–H groups in total. The number of nitrogens with zero attached hydrogens (tertiary/aromatic N) is 1. The fraction of sp³-hybridized carbons (Fsp3) is 0.412. The lowest BCUT2D eigenvalue weighted by Gasteiger charge is -2.29. The van der Waals surface area contributed by atoms with Crippen LogP contribution in [0.2, 0.25) is 5.02 Å². The number of halogens is 1. The van der Waals surface area contributed by atoms with Crippen molar-refractivity contribution < 1.29 is 24.3 Å². The number of rotatable bonds is 8. The Morgan fingerprint density at radius 1 is 1.15 bits per heavy atom. The molecule has 26 heavy (non-hydrogen) atoms. The van der Waals surface area contributed by atoms with E-state index in [-0.39, 0.29) is 19.0 Å². The third kappa shape index (κ3) is 6.36. The summed E-state index contributed by atoms with van der Waals surface area (Å²) in [6, 6.07) is 4.08. The number of benzene rings is 1. The summed E-state index contributed by atoms with van der Waals surface area (Å²) in [5.74, 6) is -2.51. The van der Waals surface area contributed by atoms with Crippen molar-refractivity contribution in [2.75, 3.05) is 13.1 Å². The Balaban J connectivity index is 2.80. The number of amides is 3. The zero-order valence-corrected chi connectivity index (χ0v) is 15.5. The molecule has 1 aromatic rings. The van der Waals surface area contributed by atoms with E-state index in [4.69, 9.17) is 11.6 Å². The minimum atomic E-state index is -1.18. The first-order valence-electron chi connectivity index (χ1n) is 7.97. The number of hydrogen-bond donors (Lipinski definition) is 3. The highest BCUT2D eigenvalue weighted by Crippen LogP contribution is 2.10. The molecule has 3 amide bonds. The van der Waals surface area contributed by atoms with Gasteiger partial charge in [0, 0.05) is 30.6 Å². The molecule has 0 aliphatic rings. The molecular weight excluding hydrogens is 362 g/mol. The SMILES string of the molecule is CC(=O)NCCN(C(=O)C(C)NC(=O)c1ccc(Cl)cc1)C(C)C(=O)O.